The van der Waals surface area contributed by atoms with Gasteiger partial charge in [-0.05, 0) is 31.2 Å². The zero-order valence-corrected chi connectivity index (χ0v) is 16.0. The first-order chi connectivity index (χ1) is 13.6. The predicted molar refractivity (Wildman–Crippen MR) is 104 cm³/mol. The van der Waals surface area contributed by atoms with E-state index in [0.29, 0.717) is 41.7 Å². The number of aryl methyl sites for hydroxylation is 1. The minimum absolute atomic E-state index is 0.0576. The lowest BCUT2D eigenvalue weighted by Gasteiger charge is -2.16. The number of anilines is 1. The zero-order chi connectivity index (χ0) is 19.7. The van der Waals surface area contributed by atoms with E-state index in [-0.39, 0.29) is 11.8 Å². The van der Waals surface area contributed by atoms with Crippen molar-refractivity contribution in [2.45, 2.75) is 19.3 Å². The second-order valence-electron chi connectivity index (χ2n) is 6.76. The third-order valence-corrected chi connectivity index (χ3v) is 4.92. The van der Waals surface area contributed by atoms with Crippen LogP contribution in [0.2, 0.25) is 0 Å². The van der Waals surface area contributed by atoms with Crippen LogP contribution in [-0.2, 0) is 4.79 Å². The summed E-state index contributed by atoms with van der Waals surface area (Å²) < 4.78 is 16.1. The highest BCUT2D eigenvalue weighted by molar-refractivity contribution is 5.96. The van der Waals surface area contributed by atoms with Gasteiger partial charge >= 0.3 is 0 Å². The number of benzene rings is 2. The zero-order valence-electron chi connectivity index (χ0n) is 16.0. The van der Waals surface area contributed by atoms with E-state index >= 15 is 0 Å². The predicted octanol–water partition coefficient (Wildman–Crippen LogP) is 3.58. The number of ether oxygens (including phenoxy) is 2. The topological polar surface area (TPSA) is 77.7 Å². The van der Waals surface area contributed by atoms with E-state index in [1.807, 2.05) is 37.3 Å². The van der Waals surface area contributed by atoms with Gasteiger partial charge in [0.1, 0.15) is 11.5 Å². The Labute approximate surface area is 162 Å². The molecule has 0 spiro atoms. The van der Waals surface area contributed by atoms with Crippen molar-refractivity contribution in [1.82, 2.24) is 10.1 Å². The molecule has 2 heterocycles. The van der Waals surface area contributed by atoms with Crippen LogP contribution in [0.3, 0.4) is 0 Å². The Kier molecular flexibility index (Phi) is 4.73. The van der Waals surface area contributed by atoms with Crippen molar-refractivity contribution in [3.8, 4) is 23.0 Å². The van der Waals surface area contributed by atoms with E-state index < -0.39 is 0 Å². The Morgan fingerprint density at radius 2 is 1.89 bits per heavy atom. The van der Waals surface area contributed by atoms with Gasteiger partial charge in [0.05, 0.1) is 19.8 Å². The highest BCUT2D eigenvalue weighted by atomic mass is 16.5. The highest BCUT2D eigenvalue weighted by Crippen LogP contribution is 2.35. The molecule has 4 rings (SSSR count). The molecule has 1 unspecified atom stereocenters. The molecule has 2 aromatic carbocycles. The van der Waals surface area contributed by atoms with Crippen molar-refractivity contribution in [3.63, 3.8) is 0 Å². The molecular formula is C21H21N3O4. The van der Waals surface area contributed by atoms with Gasteiger partial charge in [-0.25, -0.2) is 0 Å². The molecule has 7 heteroatoms. The third kappa shape index (κ3) is 3.31. The molecule has 0 radical (unpaired) electrons. The molecule has 0 saturated carbocycles. The van der Waals surface area contributed by atoms with E-state index in [2.05, 4.69) is 10.1 Å². The number of carbonyl (C=O) groups is 1. The highest BCUT2D eigenvalue weighted by Gasteiger charge is 2.34. The van der Waals surface area contributed by atoms with Crippen LogP contribution in [0.25, 0.3) is 11.5 Å². The molecule has 144 valence electrons. The van der Waals surface area contributed by atoms with Gasteiger partial charge in [0.15, 0.2) is 5.82 Å². The Balaban J connectivity index is 1.57. The van der Waals surface area contributed by atoms with Crippen LogP contribution < -0.4 is 14.4 Å². The lowest BCUT2D eigenvalue weighted by atomic mass is 10.1. The molecule has 3 aromatic rings. The molecule has 1 aliphatic rings. The number of rotatable bonds is 5. The Bertz CT molecular complexity index is 997. The maximum Gasteiger partial charge on any atom is 0.261 e. The number of carbonyl (C=O) groups excluding carboxylic acids is 1. The summed E-state index contributed by atoms with van der Waals surface area (Å²) in [5.41, 5.74) is 2.73. The monoisotopic (exact) mass is 379 g/mol. The van der Waals surface area contributed by atoms with Crippen LogP contribution >= 0.6 is 0 Å². The number of hydrogen-bond donors (Lipinski definition) is 0. The van der Waals surface area contributed by atoms with Crippen molar-refractivity contribution in [3.05, 3.63) is 53.9 Å². The summed E-state index contributed by atoms with van der Waals surface area (Å²) in [6.45, 7) is 2.55. The molecular weight excluding hydrogens is 358 g/mol. The fourth-order valence-electron chi connectivity index (χ4n) is 3.34. The molecule has 1 saturated heterocycles. The molecule has 1 aliphatic heterocycles. The normalized spacial score (nSPS) is 16.5. The number of nitrogens with zero attached hydrogens (tertiary/aromatic N) is 3. The smallest absolute Gasteiger partial charge is 0.261 e. The molecule has 28 heavy (non-hydrogen) atoms. The molecule has 1 fully saturated rings. The Hall–Kier alpha value is -3.35. The number of aromatic nitrogens is 2. The van der Waals surface area contributed by atoms with Crippen molar-refractivity contribution < 1.29 is 18.8 Å². The number of amides is 1. The average molecular weight is 379 g/mol. The van der Waals surface area contributed by atoms with Gasteiger partial charge in [-0.2, -0.15) is 4.98 Å². The Morgan fingerprint density at radius 3 is 2.61 bits per heavy atom. The minimum atomic E-state index is -0.115. The average Bonchev–Trinajstić information content (AvgIpc) is 3.35. The first-order valence-electron chi connectivity index (χ1n) is 9.02. The van der Waals surface area contributed by atoms with E-state index in [0.717, 1.165) is 11.3 Å². The maximum atomic E-state index is 12.5. The van der Waals surface area contributed by atoms with Crippen LogP contribution in [0.5, 0.6) is 11.5 Å². The van der Waals surface area contributed by atoms with Crippen molar-refractivity contribution in [2.24, 2.45) is 0 Å². The SMILES string of the molecule is COc1ccc(-c2nc(C3CC(=O)N(c4ccc(C)cc4)C3)no2)c(OC)c1. The first kappa shape index (κ1) is 18.0. The van der Waals surface area contributed by atoms with E-state index in [1.54, 1.807) is 31.3 Å². The largest absolute Gasteiger partial charge is 0.497 e. The van der Waals surface area contributed by atoms with E-state index in [9.17, 15) is 4.79 Å². The van der Waals surface area contributed by atoms with Gasteiger partial charge in [-0.1, -0.05) is 22.9 Å². The van der Waals surface area contributed by atoms with Crippen molar-refractivity contribution in [1.29, 1.82) is 0 Å². The van der Waals surface area contributed by atoms with Crippen LogP contribution in [0.15, 0.2) is 47.0 Å². The van der Waals surface area contributed by atoms with Gasteiger partial charge in [-0.3, -0.25) is 4.79 Å². The quantitative estimate of drug-likeness (QED) is 0.674. The number of hydrogen-bond acceptors (Lipinski definition) is 6. The fraction of sp³-hybridized carbons (Fsp3) is 0.286. The summed E-state index contributed by atoms with van der Waals surface area (Å²) in [6, 6.07) is 13.3. The summed E-state index contributed by atoms with van der Waals surface area (Å²) in [5, 5.41) is 4.12. The summed E-state index contributed by atoms with van der Waals surface area (Å²) in [5.74, 6) is 2.08. The molecule has 1 amide bonds. The van der Waals surface area contributed by atoms with Gasteiger partial charge in [0.2, 0.25) is 5.91 Å². The second kappa shape index (κ2) is 7.34. The standard InChI is InChI=1S/C21H21N3O4/c1-13-4-6-15(7-5-13)24-12-14(10-19(24)25)20-22-21(28-23-20)17-9-8-16(26-2)11-18(17)27-3/h4-9,11,14H,10,12H2,1-3H3. The maximum absolute atomic E-state index is 12.5. The second-order valence-corrected chi connectivity index (χ2v) is 6.76. The van der Waals surface area contributed by atoms with Gasteiger partial charge in [-0.15, -0.1) is 0 Å². The molecule has 1 atom stereocenters. The summed E-state index contributed by atoms with van der Waals surface area (Å²) in [6.07, 6.45) is 0.354. The Morgan fingerprint density at radius 1 is 1.11 bits per heavy atom. The van der Waals surface area contributed by atoms with Gasteiger partial charge in [0, 0.05) is 30.6 Å². The lowest BCUT2D eigenvalue weighted by Crippen LogP contribution is -2.24. The molecule has 1 aromatic heterocycles. The van der Waals surface area contributed by atoms with Crippen LogP contribution in [0.1, 0.15) is 23.7 Å². The van der Waals surface area contributed by atoms with Crippen molar-refractivity contribution in [2.75, 3.05) is 25.7 Å². The van der Waals surface area contributed by atoms with Crippen LogP contribution in [0.4, 0.5) is 5.69 Å². The van der Waals surface area contributed by atoms with Gasteiger partial charge < -0.3 is 18.9 Å². The summed E-state index contributed by atoms with van der Waals surface area (Å²) in [7, 11) is 3.17. The lowest BCUT2D eigenvalue weighted by molar-refractivity contribution is -0.117. The molecule has 0 bridgehead atoms. The fourth-order valence-corrected chi connectivity index (χ4v) is 3.34. The van der Waals surface area contributed by atoms with E-state index in [4.69, 9.17) is 14.0 Å². The summed E-state index contributed by atoms with van der Waals surface area (Å²) >= 11 is 0. The number of methoxy groups -OCH3 is 2. The molecule has 0 aliphatic carbocycles. The van der Waals surface area contributed by atoms with Crippen LogP contribution in [-0.4, -0.2) is 36.8 Å². The molecule has 7 nitrogen and oxygen atoms in total. The molecule has 0 N–H and O–H groups in total. The van der Waals surface area contributed by atoms with Gasteiger partial charge in [0.25, 0.3) is 5.89 Å². The third-order valence-electron chi connectivity index (χ3n) is 4.92. The minimum Gasteiger partial charge on any atom is -0.497 e. The summed E-state index contributed by atoms with van der Waals surface area (Å²) in [4.78, 5) is 18.8. The van der Waals surface area contributed by atoms with Crippen molar-refractivity contribution >= 4 is 11.6 Å². The first-order valence-corrected chi connectivity index (χ1v) is 9.02. The van der Waals surface area contributed by atoms with Crippen LogP contribution in [0, 0.1) is 6.92 Å². The van der Waals surface area contributed by atoms with E-state index in [1.165, 1.54) is 0 Å².